The largest absolute Gasteiger partial charge is 0.501 e. The third-order valence-electron chi connectivity index (χ3n) is 2.52. The second kappa shape index (κ2) is 13.9. The molecule has 0 atom stereocenters. The number of hydrogen-bond donors (Lipinski definition) is 1. The zero-order valence-electron chi connectivity index (χ0n) is 12.9. The number of hydrogen-bond acceptors (Lipinski definition) is 7. The van der Waals surface area contributed by atoms with E-state index < -0.39 is 8.80 Å². The van der Waals surface area contributed by atoms with Gasteiger partial charge in [-0.05, 0) is 13.0 Å². The fourth-order valence-electron chi connectivity index (χ4n) is 1.50. The quantitative estimate of drug-likeness (QED) is 0.343. The Labute approximate surface area is 123 Å². The van der Waals surface area contributed by atoms with E-state index in [0.717, 1.165) is 6.42 Å². The van der Waals surface area contributed by atoms with E-state index in [1.54, 1.807) is 21.3 Å². The summed E-state index contributed by atoms with van der Waals surface area (Å²) in [7, 11) is 2.14. The lowest BCUT2D eigenvalue weighted by atomic mass is 10.5. The molecule has 0 spiro atoms. The highest BCUT2D eigenvalue weighted by atomic mass is 28.4. The van der Waals surface area contributed by atoms with E-state index >= 15 is 0 Å². The zero-order chi connectivity index (χ0) is 15.1. The van der Waals surface area contributed by atoms with Gasteiger partial charge in [0.1, 0.15) is 0 Å². The monoisotopic (exact) mass is 311 g/mol. The minimum atomic E-state index is -2.75. The molecule has 0 heterocycles. The van der Waals surface area contributed by atoms with Crippen LogP contribution in [-0.4, -0.2) is 76.3 Å². The first-order valence-electron chi connectivity index (χ1n) is 6.83. The van der Waals surface area contributed by atoms with Crippen molar-refractivity contribution >= 4 is 8.80 Å². The van der Waals surface area contributed by atoms with E-state index in [9.17, 15) is 0 Å². The number of ether oxygens (including phenoxy) is 3. The van der Waals surface area contributed by atoms with Crippen LogP contribution in [0, 0.1) is 0 Å². The van der Waals surface area contributed by atoms with Gasteiger partial charge in [-0.1, -0.05) is 0 Å². The van der Waals surface area contributed by atoms with Gasteiger partial charge < -0.3 is 33.2 Å². The predicted molar refractivity (Wildman–Crippen MR) is 77.7 cm³/mol. The highest BCUT2D eigenvalue weighted by Crippen LogP contribution is 2.18. The zero-order valence-corrected chi connectivity index (χ0v) is 13.9. The second-order valence-electron chi connectivity index (χ2n) is 4.10. The van der Waals surface area contributed by atoms with Gasteiger partial charge in [-0.25, -0.2) is 0 Å². The molecule has 7 nitrogen and oxygen atoms in total. The van der Waals surface area contributed by atoms with Crippen LogP contribution >= 0.6 is 0 Å². The first kappa shape index (κ1) is 19.9. The standard InChI is InChI=1S/C12H29NO6Si/c1-14-6-9-17-20(12-4-5-13,18-10-7-15-2)19-11-8-16-3/h4-13H2,1-3H3. The summed E-state index contributed by atoms with van der Waals surface area (Å²) >= 11 is 0. The fourth-order valence-corrected chi connectivity index (χ4v) is 4.00. The maximum atomic E-state index is 5.87. The molecule has 0 aromatic heterocycles. The molecule has 0 aliphatic heterocycles. The Hall–Kier alpha value is -0.0631. The third-order valence-corrected chi connectivity index (χ3v) is 5.41. The van der Waals surface area contributed by atoms with Crippen LogP contribution in [0.25, 0.3) is 0 Å². The Kier molecular flexibility index (Phi) is 13.9. The lowest BCUT2D eigenvalue weighted by Crippen LogP contribution is -2.48. The topological polar surface area (TPSA) is 81.4 Å². The van der Waals surface area contributed by atoms with Crippen LogP contribution in [0.3, 0.4) is 0 Å². The molecule has 0 bridgehead atoms. The van der Waals surface area contributed by atoms with E-state index in [-0.39, 0.29) is 0 Å². The molecule has 0 aromatic carbocycles. The van der Waals surface area contributed by atoms with Gasteiger partial charge in [0, 0.05) is 27.4 Å². The first-order chi connectivity index (χ1) is 9.74. The van der Waals surface area contributed by atoms with E-state index in [2.05, 4.69) is 0 Å². The Morgan fingerprint density at radius 1 is 0.700 bits per heavy atom. The lowest BCUT2D eigenvalue weighted by Gasteiger charge is -2.29. The number of nitrogens with two attached hydrogens (primary N) is 1. The van der Waals surface area contributed by atoms with Gasteiger partial charge in [-0.3, -0.25) is 0 Å². The average molecular weight is 311 g/mol. The van der Waals surface area contributed by atoms with Crippen molar-refractivity contribution in [1.82, 2.24) is 0 Å². The summed E-state index contributed by atoms with van der Waals surface area (Å²) in [5.74, 6) is 0. The summed E-state index contributed by atoms with van der Waals surface area (Å²) in [5.41, 5.74) is 5.58. The van der Waals surface area contributed by atoms with Gasteiger partial charge in [0.2, 0.25) is 0 Å². The first-order valence-corrected chi connectivity index (χ1v) is 8.76. The van der Waals surface area contributed by atoms with Crippen molar-refractivity contribution in [2.75, 3.05) is 67.5 Å². The molecule has 0 aromatic rings. The van der Waals surface area contributed by atoms with Crippen LogP contribution in [0.5, 0.6) is 0 Å². The third kappa shape index (κ3) is 9.78. The number of methoxy groups -OCH3 is 3. The van der Waals surface area contributed by atoms with E-state index in [1.165, 1.54) is 0 Å². The highest BCUT2D eigenvalue weighted by Gasteiger charge is 2.40. The van der Waals surface area contributed by atoms with E-state index in [4.69, 9.17) is 33.2 Å². The molecule has 0 amide bonds. The summed E-state index contributed by atoms with van der Waals surface area (Å²) in [4.78, 5) is 0. The Bertz CT molecular complexity index is 184. The van der Waals surface area contributed by atoms with Crippen LogP contribution in [0.2, 0.25) is 6.04 Å². The molecule has 0 rings (SSSR count). The maximum Gasteiger partial charge on any atom is 0.501 e. The van der Waals surface area contributed by atoms with Gasteiger partial charge in [-0.2, -0.15) is 0 Å². The normalized spacial score (nSPS) is 12.0. The molecule has 0 saturated heterocycles. The fraction of sp³-hybridized carbons (Fsp3) is 1.00. The second-order valence-corrected chi connectivity index (χ2v) is 6.83. The Morgan fingerprint density at radius 3 is 1.40 bits per heavy atom. The Balaban J connectivity index is 4.48. The van der Waals surface area contributed by atoms with Gasteiger partial charge in [0.15, 0.2) is 0 Å². The maximum absolute atomic E-state index is 5.87. The van der Waals surface area contributed by atoms with Gasteiger partial charge in [0.05, 0.1) is 39.6 Å². The van der Waals surface area contributed by atoms with Crippen LogP contribution in [-0.2, 0) is 27.5 Å². The Morgan fingerprint density at radius 2 is 1.10 bits per heavy atom. The van der Waals surface area contributed by atoms with Crippen LogP contribution < -0.4 is 5.73 Å². The lowest BCUT2D eigenvalue weighted by molar-refractivity contribution is 0.0144. The molecule has 2 N–H and O–H groups in total. The molecular weight excluding hydrogens is 282 g/mol. The molecule has 0 aliphatic rings. The van der Waals surface area contributed by atoms with Crippen LogP contribution in [0.1, 0.15) is 6.42 Å². The minimum Gasteiger partial charge on any atom is -0.382 e. The molecular formula is C12H29NO6Si. The highest BCUT2D eigenvalue weighted by molar-refractivity contribution is 6.60. The van der Waals surface area contributed by atoms with Crippen molar-refractivity contribution < 1.29 is 27.5 Å². The molecule has 8 heteroatoms. The van der Waals surface area contributed by atoms with Gasteiger partial charge >= 0.3 is 8.80 Å². The summed E-state index contributed by atoms with van der Waals surface area (Å²) in [6, 6.07) is 0.681. The summed E-state index contributed by atoms with van der Waals surface area (Å²) < 4.78 is 32.6. The molecule has 0 unspecified atom stereocenters. The summed E-state index contributed by atoms with van der Waals surface area (Å²) in [6.07, 6.45) is 0.791. The van der Waals surface area contributed by atoms with Crippen LogP contribution in [0.4, 0.5) is 0 Å². The van der Waals surface area contributed by atoms with Gasteiger partial charge in [-0.15, -0.1) is 0 Å². The predicted octanol–water partition coefficient (Wildman–Crippen LogP) is 0.263. The van der Waals surface area contributed by atoms with Crippen molar-refractivity contribution in [3.8, 4) is 0 Å². The summed E-state index contributed by atoms with van der Waals surface area (Å²) in [6.45, 7) is 3.38. The van der Waals surface area contributed by atoms with E-state index in [1.807, 2.05) is 0 Å². The SMILES string of the molecule is COCCO[Si](CCCN)(OCCOC)OCCOC. The molecule has 122 valence electrons. The molecule has 0 saturated carbocycles. The minimum absolute atomic E-state index is 0.438. The molecule has 20 heavy (non-hydrogen) atoms. The van der Waals surface area contributed by atoms with Crippen molar-refractivity contribution in [2.24, 2.45) is 5.73 Å². The van der Waals surface area contributed by atoms with Crippen molar-refractivity contribution in [2.45, 2.75) is 12.5 Å². The molecule has 0 aliphatic carbocycles. The van der Waals surface area contributed by atoms with Crippen molar-refractivity contribution in [3.05, 3.63) is 0 Å². The molecule has 0 radical (unpaired) electrons. The number of rotatable bonds is 15. The van der Waals surface area contributed by atoms with Gasteiger partial charge in [0.25, 0.3) is 0 Å². The van der Waals surface area contributed by atoms with Crippen LogP contribution in [0.15, 0.2) is 0 Å². The smallest absolute Gasteiger partial charge is 0.382 e. The van der Waals surface area contributed by atoms with Crippen molar-refractivity contribution in [3.63, 3.8) is 0 Å². The van der Waals surface area contributed by atoms with Crippen molar-refractivity contribution in [1.29, 1.82) is 0 Å². The average Bonchev–Trinajstić information content (AvgIpc) is 2.46. The summed E-state index contributed by atoms with van der Waals surface area (Å²) in [5, 5.41) is 0. The molecule has 0 fully saturated rings. The van der Waals surface area contributed by atoms with E-state index in [0.29, 0.717) is 52.2 Å².